The standard InChI is InChI=1S/C20H32O4/c1-10-6-12(21)7-11-8-14(22)17-13-4-5-16(24)19(13,2)9-15(23)18(17)20(10,11)3/h10-11,13-18,22-24H,4-9H2,1-3H3/t10-,11+,13-,14+,15-,16-,17+,18-,19-,20-/m0/s1. The smallest absolute Gasteiger partial charge is 0.133 e. The van der Waals surface area contributed by atoms with Crippen LogP contribution >= 0.6 is 0 Å². The monoisotopic (exact) mass is 336 g/mol. The van der Waals surface area contributed by atoms with Gasteiger partial charge in [-0.05, 0) is 66.1 Å². The van der Waals surface area contributed by atoms with Crippen LogP contribution in [-0.2, 0) is 4.79 Å². The highest BCUT2D eigenvalue weighted by Crippen LogP contribution is 2.66. The maximum absolute atomic E-state index is 12.1. The van der Waals surface area contributed by atoms with Crippen molar-refractivity contribution >= 4 is 5.78 Å². The van der Waals surface area contributed by atoms with Gasteiger partial charge in [-0.15, -0.1) is 0 Å². The number of Topliss-reactive ketones (excluding diaryl/α,β-unsaturated/α-hetero) is 1. The van der Waals surface area contributed by atoms with Gasteiger partial charge in [-0.2, -0.15) is 0 Å². The summed E-state index contributed by atoms with van der Waals surface area (Å²) in [5, 5.41) is 32.6. The highest BCUT2D eigenvalue weighted by Gasteiger charge is 2.66. The Labute approximate surface area is 144 Å². The highest BCUT2D eigenvalue weighted by atomic mass is 16.3. The molecule has 3 N–H and O–H groups in total. The fourth-order valence-electron chi connectivity index (χ4n) is 7.51. The van der Waals surface area contributed by atoms with E-state index in [9.17, 15) is 20.1 Å². The summed E-state index contributed by atoms with van der Waals surface area (Å²) in [6.07, 6.45) is 2.83. The van der Waals surface area contributed by atoms with Crippen molar-refractivity contribution in [2.45, 2.75) is 77.6 Å². The Morgan fingerprint density at radius 3 is 2.46 bits per heavy atom. The lowest BCUT2D eigenvalue weighted by Gasteiger charge is -2.64. The number of fused-ring (bicyclic) bond motifs is 5. The summed E-state index contributed by atoms with van der Waals surface area (Å²) in [6.45, 7) is 6.52. The first-order valence-electron chi connectivity index (χ1n) is 9.75. The van der Waals surface area contributed by atoms with Crippen molar-refractivity contribution in [2.24, 2.45) is 40.4 Å². The maximum Gasteiger partial charge on any atom is 0.133 e. The molecule has 0 heterocycles. The number of aliphatic hydroxyl groups excluding tert-OH is 3. The van der Waals surface area contributed by atoms with Gasteiger partial charge in [-0.25, -0.2) is 0 Å². The molecule has 4 aliphatic carbocycles. The predicted octanol–water partition coefficient (Wildman–Crippen LogP) is 2.15. The minimum absolute atomic E-state index is 0.0396. The quantitative estimate of drug-likeness (QED) is 0.633. The maximum atomic E-state index is 12.1. The Kier molecular flexibility index (Phi) is 3.73. The minimum atomic E-state index is -0.498. The Balaban J connectivity index is 1.77. The van der Waals surface area contributed by atoms with E-state index in [2.05, 4.69) is 20.8 Å². The van der Waals surface area contributed by atoms with E-state index in [0.29, 0.717) is 31.5 Å². The van der Waals surface area contributed by atoms with Crippen molar-refractivity contribution in [1.29, 1.82) is 0 Å². The predicted molar refractivity (Wildman–Crippen MR) is 90.1 cm³/mol. The van der Waals surface area contributed by atoms with Crippen LogP contribution in [0.15, 0.2) is 0 Å². The van der Waals surface area contributed by atoms with Crippen LogP contribution in [0, 0.1) is 40.4 Å². The number of carbonyl (C=O) groups is 1. The molecule has 0 radical (unpaired) electrons. The first kappa shape index (κ1) is 17.0. The zero-order valence-corrected chi connectivity index (χ0v) is 15.1. The van der Waals surface area contributed by atoms with Crippen LogP contribution < -0.4 is 0 Å². The molecule has 4 saturated carbocycles. The van der Waals surface area contributed by atoms with Crippen molar-refractivity contribution in [3.05, 3.63) is 0 Å². The molecular weight excluding hydrogens is 304 g/mol. The second kappa shape index (κ2) is 5.28. The summed E-state index contributed by atoms with van der Waals surface area (Å²) in [5.41, 5.74) is -0.370. The number of aliphatic hydroxyl groups is 3. The molecule has 4 heteroatoms. The number of ketones is 1. The third-order valence-electron chi connectivity index (χ3n) is 8.94. The zero-order valence-electron chi connectivity index (χ0n) is 15.1. The molecule has 10 atom stereocenters. The van der Waals surface area contributed by atoms with Crippen LogP contribution in [-0.4, -0.2) is 39.4 Å². The molecule has 0 aromatic rings. The Morgan fingerprint density at radius 2 is 1.75 bits per heavy atom. The molecule has 0 aliphatic heterocycles. The van der Waals surface area contributed by atoms with Crippen molar-refractivity contribution < 1.29 is 20.1 Å². The summed E-state index contributed by atoms with van der Waals surface area (Å²) in [6, 6.07) is 0. The van der Waals surface area contributed by atoms with E-state index in [0.717, 1.165) is 12.8 Å². The average molecular weight is 336 g/mol. The molecule has 0 aromatic carbocycles. The van der Waals surface area contributed by atoms with Crippen molar-refractivity contribution in [3.63, 3.8) is 0 Å². The van der Waals surface area contributed by atoms with E-state index >= 15 is 0 Å². The third-order valence-corrected chi connectivity index (χ3v) is 8.94. The van der Waals surface area contributed by atoms with Gasteiger partial charge < -0.3 is 15.3 Å². The average Bonchev–Trinajstić information content (AvgIpc) is 2.77. The molecule has 24 heavy (non-hydrogen) atoms. The summed E-state index contributed by atoms with van der Waals surface area (Å²) >= 11 is 0. The van der Waals surface area contributed by atoms with Gasteiger partial charge in [0.25, 0.3) is 0 Å². The lowest BCUT2D eigenvalue weighted by atomic mass is 9.41. The molecule has 0 aromatic heterocycles. The molecule has 0 bridgehead atoms. The van der Waals surface area contributed by atoms with E-state index in [1.165, 1.54) is 0 Å². The van der Waals surface area contributed by atoms with Crippen LogP contribution in [0.4, 0.5) is 0 Å². The van der Waals surface area contributed by atoms with Gasteiger partial charge >= 0.3 is 0 Å². The van der Waals surface area contributed by atoms with Gasteiger partial charge in [0, 0.05) is 12.8 Å². The Bertz CT molecular complexity index is 548. The normalized spacial score (nSPS) is 60.3. The third kappa shape index (κ3) is 1.99. The van der Waals surface area contributed by atoms with Gasteiger partial charge in [-0.1, -0.05) is 20.8 Å². The van der Waals surface area contributed by atoms with Crippen LogP contribution in [0.2, 0.25) is 0 Å². The number of carbonyl (C=O) groups excluding carboxylic acids is 1. The van der Waals surface area contributed by atoms with E-state index in [4.69, 9.17) is 0 Å². The van der Waals surface area contributed by atoms with Gasteiger partial charge in [0.15, 0.2) is 0 Å². The van der Waals surface area contributed by atoms with Crippen LogP contribution in [0.1, 0.15) is 59.3 Å². The SMILES string of the molecule is C[C@H]1CC(=O)C[C@@H]2C[C@@H](O)[C@@H]3[C@H]([C@@H](O)C[C@]4(C)[C@@H](O)CC[C@@H]34)[C@]21C. The fraction of sp³-hybridized carbons (Fsp3) is 0.950. The number of hydrogen-bond acceptors (Lipinski definition) is 4. The highest BCUT2D eigenvalue weighted by molar-refractivity contribution is 5.80. The van der Waals surface area contributed by atoms with Gasteiger partial charge in [0.2, 0.25) is 0 Å². The number of rotatable bonds is 0. The van der Waals surface area contributed by atoms with E-state index in [-0.39, 0.29) is 46.5 Å². The molecular formula is C20H32O4. The van der Waals surface area contributed by atoms with Gasteiger partial charge in [-0.3, -0.25) is 4.79 Å². The number of hydrogen-bond donors (Lipinski definition) is 3. The summed E-state index contributed by atoms with van der Waals surface area (Å²) in [4.78, 5) is 12.1. The van der Waals surface area contributed by atoms with Gasteiger partial charge in [0.05, 0.1) is 18.3 Å². The van der Waals surface area contributed by atoms with Gasteiger partial charge in [0.1, 0.15) is 5.78 Å². The largest absolute Gasteiger partial charge is 0.393 e. The summed E-state index contributed by atoms with van der Waals surface area (Å²) in [5.74, 6) is 1.09. The molecule has 0 amide bonds. The topological polar surface area (TPSA) is 77.8 Å². The van der Waals surface area contributed by atoms with Crippen molar-refractivity contribution in [2.75, 3.05) is 0 Å². The lowest BCUT2D eigenvalue weighted by molar-refractivity contribution is -0.220. The zero-order chi connectivity index (χ0) is 17.4. The lowest BCUT2D eigenvalue weighted by Crippen LogP contribution is -2.64. The molecule has 4 rings (SSSR count). The van der Waals surface area contributed by atoms with E-state index in [1.54, 1.807) is 0 Å². The molecule has 4 aliphatic rings. The fourth-order valence-corrected chi connectivity index (χ4v) is 7.51. The van der Waals surface area contributed by atoms with Crippen LogP contribution in [0.5, 0.6) is 0 Å². The molecule has 0 spiro atoms. The van der Waals surface area contributed by atoms with E-state index in [1.807, 2.05) is 0 Å². The molecule has 136 valence electrons. The molecule has 4 fully saturated rings. The minimum Gasteiger partial charge on any atom is -0.393 e. The molecule has 4 nitrogen and oxygen atoms in total. The first-order valence-corrected chi connectivity index (χ1v) is 9.75. The van der Waals surface area contributed by atoms with Crippen LogP contribution in [0.3, 0.4) is 0 Å². The summed E-state index contributed by atoms with van der Waals surface area (Å²) in [7, 11) is 0. The summed E-state index contributed by atoms with van der Waals surface area (Å²) < 4.78 is 0. The Morgan fingerprint density at radius 1 is 1.04 bits per heavy atom. The Hall–Kier alpha value is -0.450. The second-order valence-corrected chi connectivity index (χ2v) is 9.79. The molecule has 0 unspecified atom stereocenters. The second-order valence-electron chi connectivity index (χ2n) is 9.79. The first-order chi connectivity index (χ1) is 11.2. The van der Waals surface area contributed by atoms with Crippen molar-refractivity contribution in [3.8, 4) is 0 Å². The van der Waals surface area contributed by atoms with Crippen LogP contribution in [0.25, 0.3) is 0 Å². The van der Waals surface area contributed by atoms with Crippen molar-refractivity contribution in [1.82, 2.24) is 0 Å². The molecule has 0 saturated heterocycles. The van der Waals surface area contributed by atoms with E-state index < -0.39 is 12.2 Å².